The van der Waals surface area contributed by atoms with Gasteiger partial charge in [0, 0.05) is 36.3 Å². The van der Waals surface area contributed by atoms with Crippen LogP contribution in [0.15, 0.2) is 36.7 Å². The minimum absolute atomic E-state index is 0.0831. The summed E-state index contributed by atoms with van der Waals surface area (Å²) in [5, 5.41) is 24.8. The molecule has 1 atom stereocenters. The van der Waals surface area contributed by atoms with E-state index in [2.05, 4.69) is 25.6 Å². The van der Waals surface area contributed by atoms with E-state index in [1.54, 1.807) is 10.9 Å². The van der Waals surface area contributed by atoms with Crippen LogP contribution in [0.25, 0.3) is 33.1 Å². The van der Waals surface area contributed by atoms with Gasteiger partial charge in [-0.2, -0.15) is 10.2 Å². The van der Waals surface area contributed by atoms with Crippen molar-refractivity contribution in [2.24, 2.45) is 0 Å². The first-order valence-electron chi connectivity index (χ1n) is 9.02. The number of rotatable bonds is 6. The van der Waals surface area contributed by atoms with Crippen LogP contribution in [0.5, 0.6) is 0 Å². The van der Waals surface area contributed by atoms with Crippen LogP contribution >= 0.6 is 0 Å². The van der Waals surface area contributed by atoms with E-state index in [4.69, 9.17) is 10.8 Å². The maximum absolute atomic E-state index is 11.9. The van der Waals surface area contributed by atoms with Crippen molar-refractivity contribution in [3.05, 3.63) is 36.7 Å². The van der Waals surface area contributed by atoms with Gasteiger partial charge in [0.15, 0.2) is 0 Å². The molecule has 9 heteroatoms. The van der Waals surface area contributed by atoms with Gasteiger partial charge in [-0.05, 0) is 25.1 Å². The van der Waals surface area contributed by atoms with E-state index in [0.717, 1.165) is 33.1 Å². The van der Waals surface area contributed by atoms with Crippen molar-refractivity contribution in [2.75, 3.05) is 18.9 Å². The van der Waals surface area contributed by atoms with E-state index in [0.29, 0.717) is 5.82 Å². The van der Waals surface area contributed by atoms with Crippen LogP contribution in [0.1, 0.15) is 19.4 Å². The number of aliphatic hydroxyl groups is 1. The number of hydrogen-bond donors (Lipinski definition) is 4. The summed E-state index contributed by atoms with van der Waals surface area (Å²) >= 11 is 0. The fourth-order valence-electron chi connectivity index (χ4n) is 3.23. The highest BCUT2D eigenvalue weighted by Gasteiger charge is 2.16. The number of nitrogens with one attached hydrogen (secondary N) is 2. The van der Waals surface area contributed by atoms with Crippen LogP contribution in [0.4, 0.5) is 5.82 Å². The van der Waals surface area contributed by atoms with Crippen molar-refractivity contribution in [1.29, 1.82) is 0 Å². The molecule has 1 aromatic carbocycles. The monoisotopic (exact) mass is 379 g/mol. The van der Waals surface area contributed by atoms with E-state index in [1.807, 2.05) is 37.4 Å². The predicted octanol–water partition coefficient (Wildman–Crippen LogP) is 1.62. The zero-order valence-corrected chi connectivity index (χ0v) is 15.4. The number of nitrogens with two attached hydrogens (primary N) is 1. The molecule has 0 bridgehead atoms. The molecule has 9 nitrogen and oxygen atoms in total. The van der Waals surface area contributed by atoms with Crippen LogP contribution in [-0.2, 0) is 4.79 Å². The number of H-pyrrole nitrogens is 1. The Bertz CT molecular complexity index is 1130. The van der Waals surface area contributed by atoms with Crippen molar-refractivity contribution in [1.82, 2.24) is 30.3 Å². The third kappa shape index (κ3) is 3.27. The van der Waals surface area contributed by atoms with E-state index >= 15 is 0 Å². The molecular weight excluding hydrogens is 358 g/mol. The summed E-state index contributed by atoms with van der Waals surface area (Å²) in [4.78, 5) is 16.4. The van der Waals surface area contributed by atoms with Crippen molar-refractivity contribution >= 4 is 33.5 Å². The highest BCUT2D eigenvalue weighted by molar-refractivity contribution is 6.08. The number of aromatic nitrogens is 5. The number of pyridine rings is 1. The Hall–Kier alpha value is -3.46. The Balaban J connectivity index is 1.71. The van der Waals surface area contributed by atoms with Crippen LogP contribution in [0.3, 0.4) is 0 Å². The van der Waals surface area contributed by atoms with Crippen LogP contribution < -0.4 is 11.1 Å². The molecular formula is C19H21N7O2. The van der Waals surface area contributed by atoms with Gasteiger partial charge in [-0.15, -0.1) is 0 Å². The minimum Gasteiger partial charge on any atom is -0.395 e. The van der Waals surface area contributed by atoms with Gasteiger partial charge in [0.1, 0.15) is 11.3 Å². The van der Waals surface area contributed by atoms with Crippen LogP contribution in [0, 0.1) is 0 Å². The highest BCUT2D eigenvalue weighted by atomic mass is 16.3. The zero-order chi connectivity index (χ0) is 19.7. The van der Waals surface area contributed by atoms with Gasteiger partial charge in [-0.3, -0.25) is 14.6 Å². The molecule has 3 aromatic heterocycles. The molecule has 0 aliphatic rings. The van der Waals surface area contributed by atoms with Gasteiger partial charge < -0.3 is 16.2 Å². The number of fused-ring (bicyclic) bond motifs is 3. The fraction of sp³-hybridized carbons (Fsp3) is 0.263. The lowest BCUT2D eigenvalue weighted by molar-refractivity contribution is -0.121. The first-order chi connectivity index (χ1) is 13.6. The van der Waals surface area contributed by atoms with Crippen molar-refractivity contribution in [3.63, 3.8) is 0 Å². The summed E-state index contributed by atoms with van der Waals surface area (Å²) < 4.78 is 1.74. The summed E-state index contributed by atoms with van der Waals surface area (Å²) in [7, 11) is 0. The number of anilines is 1. The molecule has 0 aliphatic carbocycles. The molecule has 1 amide bonds. The van der Waals surface area contributed by atoms with E-state index in [9.17, 15) is 4.79 Å². The Morgan fingerprint density at radius 3 is 2.96 bits per heavy atom. The summed E-state index contributed by atoms with van der Waals surface area (Å²) in [6.07, 6.45) is 3.84. The van der Waals surface area contributed by atoms with E-state index in [-0.39, 0.29) is 31.5 Å². The fourth-order valence-corrected chi connectivity index (χ4v) is 3.23. The summed E-state index contributed by atoms with van der Waals surface area (Å²) in [5.41, 5.74) is 9.43. The average molecular weight is 379 g/mol. The summed E-state index contributed by atoms with van der Waals surface area (Å²) in [6, 6.07) is 7.60. The number of nitrogens with zero attached hydrogens (tertiary/aromatic N) is 4. The van der Waals surface area contributed by atoms with Crippen LogP contribution in [0.2, 0.25) is 0 Å². The minimum atomic E-state index is -0.163. The number of carbonyl (C=O) groups is 1. The molecule has 4 rings (SSSR count). The molecule has 0 radical (unpaired) electrons. The van der Waals surface area contributed by atoms with E-state index in [1.165, 1.54) is 0 Å². The van der Waals surface area contributed by atoms with Crippen molar-refractivity contribution < 1.29 is 9.90 Å². The lowest BCUT2D eigenvalue weighted by atomic mass is 10.1. The largest absolute Gasteiger partial charge is 0.395 e. The molecule has 3 heterocycles. The standard InChI is InChI=1S/C19H21N7O2/c1-11(8-17(28)21-6-7-27)26-10-14-18(25-26)13-3-2-12(15-4-5-22-24-15)9-16(13)23-19(14)20/h2-5,9-11,27H,6-8H2,1H3,(H2,20,23)(H,21,28)(H,22,24). The van der Waals surface area contributed by atoms with Crippen LogP contribution in [-0.4, -0.2) is 49.1 Å². The van der Waals surface area contributed by atoms with Gasteiger partial charge in [0.2, 0.25) is 5.91 Å². The summed E-state index contributed by atoms with van der Waals surface area (Å²) in [6.45, 7) is 2.07. The molecule has 4 aromatic rings. The number of benzene rings is 1. The molecule has 0 saturated carbocycles. The smallest absolute Gasteiger partial charge is 0.222 e. The Morgan fingerprint density at radius 2 is 2.21 bits per heavy atom. The van der Waals surface area contributed by atoms with Crippen molar-refractivity contribution in [3.8, 4) is 11.3 Å². The highest BCUT2D eigenvalue weighted by Crippen LogP contribution is 2.30. The third-order valence-electron chi connectivity index (χ3n) is 4.66. The number of aliphatic hydroxyl groups excluding tert-OH is 1. The molecule has 144 valence electrons. The van der Waals surface area contributed by atoms with Gasteiger partial charge in [-0.1, -0.05) is 6.07 Å². The lowest BCUT2D eigenvalue weighted by Crippen LogP contribution is -2.28. The molecule has 28 heavy (non-hydrogen) atoms. The Kier molecular flexibility index (Phi) is 4.66. The number of hydrogen-bond acceptors (Lipinski definition) is 6. The second-order valence-corrected chi connectivity index (χ2v) is 6.69. The van der Waals surface area contributed by atoms with Crippen molar-refractivity contribution in [2.45, 2.75) is 19.4 Å². The predicted molar refractivity (Wildman–Crippen MR) is 106 cm³/mol. The second kappa shape index (κ2) is 7.28. The third-order valence-corrected chi connectivity index (χ3v) is 4.66. The normalized spacial score (nSPS) is 12.5. The first-order valence-corrected chi connectivity index (χ1v) is 9.02. The van der Waals surface area contributed by atoms with E-state index < -0.39 is 0 Å². The number of amides is 1. The SMILES string of the molecule is CC(CC(=O)NCCO)n1cc2c(N)nc3cc(-c4cc[nH]n4)ccc3c2n1. The maximum atomic E-state index is 11.9. The quantitative estimate of drug-likeness (QED) is 0.402. The first kappa shape index (κ1) is 17.9. The van der Waals surface area contributed by atoms with Gasteiger partial charge in [0.25, 0.3) is 0 Å². The molecule has 0 saturated heterocycles. The van der Waals surface area contributed by atoms with Gasteiger partial charge >= 0.3 is 0 Å². The summed E-state index contributed by atoms with van der Waals surface area (Å²) in [5.74, 6) is 0.255. The number of carbonyl (C=O) groups excluding carboxylic acids is 1. The zero-order valence-electron chi connectivity index (χ0n) is 15.4. The van der Waals surface area contributed by atoms with Gasteiger partial charge in [0.05, 0.1) is 29.2 Å². The van der Waals surface area contributed by atoms with Gasteiger partial charge in [-0.25, -0.2) is 4.98 Å². The molecule has 5 N–H and O–H groups in total. The topological polar surface area (TPSA) is 135 Å². The number of nitrogen functional groups attached to an aromatic ring is 1. The molecule has 1 unspecified atom stereocenters. The molecule has 0 spiro atoms. The second-order valence-electron chi connectivity index (χ2n) is 6.69. The molecule has 0 aliphatic heterocycles. The molecule has 0 fully saturated rings. The Morgan fingerprint density at radius 1 is 1.36 bits per heavy atom. The number of aromatic amines is 1. The Labute approximate surface area is 160 Å². The average Bonchev–Trinajstić information content (AvgIpc) is 3.36. The lowest BCUT2D eigenvalue weighted by Gasteiger charge is -2.11. The maximum Gasteiger partial charge on any atom is 0.222 e.